The maximum Gasteiger partial charge on any atom is 0.230 e. The van der Waals surface area contributed by atoms with E-state index in [0.29, 0.717) is 12.5 Å². The molecule has 0 bridgehead atoms. The number of hydrogen-bond donors (Lipinski definition) is 3. The highest BCUT2D eigenvalue weighted by Crippen LogP contribution is 2.38. The first-order valence-electron chi connectivity index (χ1n) is 10.4. The molecule has 1 saturated carbocycles. The van der Waals surface area contributed by atoms with Gasteiger partial charge in [0.05, 0.1) is 5.41 Å². The predicted molar refractivity (Wildman–Crippen MR) is 133 cm³/mol. The maximum atomic E-state index is 12.7. The zero-order valence-electron chi connectivity index (χ0n) is 18.5. The zero-order valence-corrected chi connectivity index (χ0v) is 20.8. The van der Waals surface area contributed by atoms with Crippen molar-refractivity contribution in [2.24, 2.45) is 16.3 Å². The Morgan fingerprint density at radius 3 is 2.28 bits per heavy atom. The number of guanidine groups is 1. The minimum absolute atomic E-state index is 0. The third kappa shape index (κ3) is 7.35. The largest absolute Gasteiger partial charge is 0.380 e. The monoisotopic (exact) mass is 515 g/mol. The number of carbonyl (C=O) groups is 1. The highest BCUT2D eigenvalue weighted by Gasteiger charge is 2.42. The normalized spacial score (nSPS) is 16.7. The molecule has 0 radical (unpaired) electrons. The molecule has 7 heteroatoms. The van der Waals surface area contributed by atoms with Gasteiger partial charge in [-0.05, 0) is 30.9 Å². The minimum atomic E-state index is -0.305. The van der Waals surface area contributed by atoms with E-state index in [1.54, 1.807) is 11.9 Å². The molecule has 1 aromatic carbocycles. The summed E-state index contributed by atoms with van der Waals surface area (Å²) in [7, 11) is 5.47. The lowest BCUT2D eigenvalue weighted by molar-refractivity contribution is -0.138. The SMILES string of the molecule is CN=C(NCC(Nc1ccccc1)C(C)C)NCC1(C(=O)N(C)C)CCCC1.I. The fourth-order valence-electron chi connectivity index (χ4n) is 3.87. The number of hydrogen-bond acceptors (Lipinski definition) is 3. The van der Waals surface area contributed by atoms with Crippen molar-refractivity contribution in [2.45, 2.75) is 45.6 Å². The summed E-state index contributed by atoms with van der Waals surface area (Å²) in [5.74, 6) is 1.43. The van der Waals surface area contributed by atoms with Gasteiger partial charge in [0.2, 0.25) is 5.91 Å². The van der Waals surface area contributed by atoms with Gasteiger partial charge in [0, 0.05) is 46.0 Å². The van der Waals surface area contributed by atoms with Crippen molar-refractivity contribution in [2.75, 3.05) is 39.5 Å². The second-order valence-corrected chi connectivity index (χ2v) is 8.35. The molecule has 2 rings (SSSR count). The van der Waals surface area contributed by atoms with E-state index in [-0.39, 0.29) is 41.3 Å². The fraction of sp³-hybridized carbons (Fsp3) is 0.636. The van der Waals surface area contributed by atoms with Crippen molar-refractivity contribution in [3.63, 3.8) is 0 Å². The molecular formula is C22H38IN5O. The van der Waals surface area contributed by atoms with Crippen LogP contribution in [0.15, 0.2) is 35.3 Å². The molecule has 3 N–H and O–H groups in total. The molecule has 0 spiro atoms. The summed E-state index contributed by atoms with van der Waals surface area (Å²) in [5, 5.41) is 10.4. The van der Waals surface area contributed by atoms with Crippen LogP contribution < -0.4 is 16.0 Å². The molecule has 1 aliphatic rings. The Labute approximate surface area is 193 Å². The number of halogens is 1. The van der Waals surface area contributed by atoms with Gasteiger partial charge < -0.3 is 20.9 Å². The van der Waals surface area contributed by atoms with Crippen LogP contribution in [0.4, 0.5) is 5.69 Å². The number of amides is 1. The first-order chi connectivity index (χ1) is 13.4. The molecule has 29 heavy (non-hydrogen) atoms. The Kier molecular flexibility index (Phi) is 10.8. The molecule has 1 atom stereocenters. The van der Waals surface area contributed by atoms with E-state index in [0.717, 1.165) is 43.9 Å². The van der Waals surface area contributed by atoms with Crippen LogP contribution in [0.2, 0.25) is 0 Å². The van der Waals surface area contributed by atoms with Crippen molar-refractivity contribution in [1.82, 2.24) is 15.5 Å². The number of para-hydroxylation sites is 1. The lowest BCUT2D eigenvalue weighted by atomic mass is 9.84. The van der Waals surface area contributed by atoms with Gasteiger partial charge in [0.15, 0.2) is 5.96 Å². The van der Waals surface area contributed by atoms with E-state index >= 15 is 0 Å². The molecule has 0 saturated heterocycles. The Morgan fingerprint density at radius 2 is 1.76 bits per heavy atom. The van der Waals surface area contributed by atoms with Gasteiger partial charge in [0.1, 0.15) is 0 Å². The summed E-state index contributed by atoms with van der Waals surface area (Å²) >= 11 is 0. The van der Waals surface area contributed by atoms with Crippen LogP contribution in [0.5, 0.6) is 0 Å². The van der Waals surface area contributed by atoms with E-state index in [4.69, 9.17) is 0 Å². The predicted octanol–water partition coefficient (Wildman–Crippen LogP) is 3.55. The average Bonchev–Trinajstić information content (AvgIpc) is 3.17. The van der Waals surface area contributed by atoms with Crippen molar-refractivity contribution >= 4 is 41.5 Å². The van der Waals surface area contributed by atoms with Gasteiger partial charge in [-0.25, -0.2) is 0 Å². The van der Waals surface area contributed by atoms with Crippen molar-refractivity contribution in [3.8, 4) is 0 Å². The molecule has 1 fully saturated rings. The van der Waals surface area contributed by atoms with Crippen LogP contribution in [0.25, 0.3) is 0 Å². The number of carbonyl (C=O) groups excluding carboxylic acids is 1. The van der Waals surface area contributed by atoms with Crippen LogP contribution in [-0.4, -0.2) is 57.0 Å². The maximum absolute atomic E-state index is 12.7. The Balaban J connectivity index is 0.00000420. The van der Waals surface area contributed by atoms with E-state index < -0.39 is 0 Å². The molecule has 1 aromatic rings. The lowest BCUT2D eigenvalue weighted by Gasteiger charge is -2.32. The molecule has 1 unspecified atom stereocenters. The number of anilines is 1. The molecule has 1 amide bonds. The van der Waals surface area contributed by atoms with Gasteiger partial charge >= 0.3 is 0 Å². The molecule has 0 aliphatic heterocycles. The Hall–Kier alpha value is -1.51. The van der Waals surface area contributed by atoms with Gasteiger partial charge in [-0.15, -0.1) is 24.0 Å². The van der Waals surface area contributed by atoms with Crippen molar-refractivity contribution < 1.29 is 4.79 Å². The summed E-state index contributed by atoms with van der Waals surface area (Å²) in [6.07, 6.45) is 4.11. The zero-order chi connectivity index (χ0) is 20.6. The molecular weight excluding hydrogens is 477 g/mol. The summed E-state index contributed by atoms with van der Waals surface area (Å²) in [6, 6.07) is 10.5. The summed E-state index contributed by atoms with van der Waals surface area (Å²) in [6.45, 7) is 5.80. The molecule has 6 nitrogen and oxygen atoms in total. The van der Waals surface area contributed by atoms with Crippen LogP contribution in [0.1, 0.15) is 39.5 Å². The minimum Gasteiger partial charge on any atom is -0.380 e. The number of benzene rings is 1. The number of nitrogens with zero attached hydrogens (tertiary/aromatic N) is 2. The molecule has 164 valence electrons. The van der Waals surface area contributed by atoms with E-state index in [9.17, 15) is 4.79 Å². The first-order valence-corrected chi connectivity index (χ1v) is 10.4. The topological polar surface area (TPSA) is 68.8 Å². The van der Waals surface area contributed by atoms with E-state index in [1.165, 1.54) is 0 Å². The molecule has 1 aliphatic carbocycles. The summed E-state index contributed by atoms with van der Waals surface area (Å²) in [5.41, 5.74) is 0.813. The number of rotatable bonds is 8. The van der Waals surface area contributed by atoms with E-state index in [1.807, 2.05) is 32.3 Å². The fourth-order valence-corrected chi connectivity index (χ4v) is 3.87. The van der Waals surface area contributed by atoms with Crippen LogP contribution >= 0.6 is 24.0 Å². The summed E-state index contributed by atoms with van der Waals surface area (Å²) < 4.78 is 0. The van der Waals surface area contributed by atoms with Crippen LogP contribution in [-0.2, 0) is 4.79 Å². The second kappa shape index (κ2) is 12.2. The highest BCUT2D eigenvalue weighted by molar-refractivity contribution is 14.0. The third-order valence-corrected chi connectivity index (χ3v) is 5.66. The quantitative estimate of drug-likeness (QED) is 0.282. The molecule has 0 heterocycles. The third-order valence-electron chi connectivity index (χ3n) is 5.66. The Morgan fingerprint density at radius 1 is 1.14 bits per heavy atom. The second-order valence-electron chi connectivity index (χ2n) is 8.35. The number of aliphatic imine (C=N–C) groups is 1. The van der Waals surface area contributed by atoms with Gasteiger partial charge in [0.25, 0.3) is 0 Å². The highest BCUT2D eigenvalue weighted by atomic mass is 127. The summed E-state index contributed by atoms with van der Waals surface area (Å²) in [4.78, 5) is 18.8. The van der Waals surface area contributed by atoms with Crippen molar-refractivity contribution in [3.05, 3.63) is 30.3 Å². The van der Waals surface area contributed by atoms with Gasteiger partial charge in [-0.1, -0.05) is 44.9 Å². The Bertz CT molecular complexity index is 642. The number of nitrogens with one attached hydrogen (secondary N) is 3. The lowest BCUT2D eigenvalue weighted by Crippen LogP contribution is -2.50. The van der Waals surface area contributed by atoms with Gasteiger partial charge in [-0.3, -0.25) is 9.79 Å². The van der Waals surface area contributed by atoms with Crippen LogP contribution in [0.3, 0.4) is 0 Å². The van der Waals surface area contributed by atoms with Gasteiger partial charge in [-0.2, -0.15) is 0 Å². The van der Waals surface area contributed by atoms with Crippen LogP contribution in [0, 0.1) is 11.3 Å². The average molecular weight is 515 g/mol. The van der Waals surface area contributed by atoms with E-state index in [2.05, 4.69) is 46.9 Å². The molecule has 0 aromatic heterocycles. The standard InChI is InChI=1S/C22H37N5O.HI/c1-17(2)19(26-18-11-7-6-8-12-18)15-24-21(23-3)25-16-22(13-9-10-14-22)20(28)27(4)5;/h6-8,11-12,17,19,26H,9-10,13-16H2,1-5H3,(H2,23,24,25);1H. The first kappa shape index (κ1) is 25.5. The van der Waals surface area contributed by atoms with Crippen molar-refractivity contribution in [1.29, 1.82) is 0 Å². The smallest absolute Gasteiger partial charge is 0.230 e.